The molecular weight excluding hydrogens is 270 g/mol. The van der Waals surface area contributed by atoms with Crippen LogP contribution < -0.4 is 16.4 Å². The van der Waals surface area contributed by atoms with Crippen molar-refractivity contribution >= 4 is 23.2 Å². The second kappa shape index (κ2) is 5.83. The Kier molecular flexibility index (Phi) is 3.90. The Morgan fingerprint density at radius 2 is 1.57 bits per heavy atom. The number of amides is 2. The minimum absolute atomic E-state index is 0.0702. The maximum absolute atomic E-state index is 12.0. The summed E-state index contributed by atoms with van der Waals surface area (Å²) in [5, 5.41) is 5.67. The lowest BCUT2D eigenvalue weighted by Crippen LogP contribution is -2.37. The van der Waals surface area contributed by atoms with Gasteiger partial charge in [-0.05, 0) is 37.1 Å². The van der Waals surface area contributed by atoms with Gasteiger partial charge in [0.2, 0.25) is 11.8 Å². The molecule has 2 aliphatic rings. The molecule has 0 bridgehead atoms. The van der Waals surface area contributed by atoms with E-state index in [1.54, 1.807) is 24.3 Å². The number of nitrogens with one attached hydrogen (secondary N) is 2. The minimum Gasteiger partial charge on any atom is -0.379 e. The van der Waals surface area contributed by atoms with Gasteiger partial charge in [0.25, 0.3) is 0 Å². The summed E-state index contributed by atoms with van der Waals surface area (Å²) in [7, 11) is 0. The fourth-order valence-electron chi connectivity index (χ4n) is 2.30. The van der Waals surface area contributed by atoms with Crippen LogP contribution in [0.4, 0.5) is 11.4 Å². The van der Waals surface area contributed by atoms with Crippen molar-refractivity contribution in [1.82, 2.24) is 0 Å². The molecule has 21 heavy (non-hydrogen) atoms. The number of benzene rings is 1. The summed E-state index contributed by atoms with van der Waals surface area (Å²) in [5.41, 5.74) is 7.24. The number of hydrogen-bond acceptors (Lipinski definition) is 4. The number of ether oxygens (including phenoxy) is 1. The van der Waals surface area contributed by atoms with Gasteiger partial charge >= 0.3 is 0 Å². The Hall–Kier alpha value is -1.92. The van der Waals surface area contributed by atoms with E-state index in [0.29, 0.717) is 18.9 Å². The summed E-state index contributed by atoms with van der Waals surface area (Å²) >= 11 is 0. The van der Waals surface area contributed by atoms with Gasteiger partial charge in [0.15, 0.2) is 0 Å². The topological polar surface area (TPSA) is 93.4 Å². The number of anilines is 2. The Bertz CT molecular complexity index is 540. The van der Waals surface area contributed by atoms with Crippen LogP contribution in [0.1, 0.15) is 12.8 Å². The molecule has 1 aliphatic carbocycles. The van der Waals surface area contributed by atoms with Crippen molar-refractivity contribution in [2.24, 2.45) is 17.6 Å². The van der Waals surface area contributed by atoms with Crippen molar-refractivity contribution in [2.45, 2.75) is 18.9 Å². The molecule has 1 aromatic carbocycles. The van der Waals surface area contributed by atoms with Crippen molar-refractivity contribution in [2.75, 3.05) is 23.8 Å². The first-order valence-corrected chi connectivity index (χ1v) is 7.18. The van der Waals surface area contributed by atoms with Gasteiger partial charge in [-0.15, -0.1) is 0 Å². The van der Waals surface area contributed by atoms with Crippen LogP contribution in [0.5, 0.6) is 0 Å². The second-order valence-electron chi connectivity index (χ2n) is 5.64. The minimum atomic E-state index is -0.306. The molecular formula is C15H19N3O3. The van der Waals surface area contributed by atoms with Crippen molar-refractivity contribution in [3.05, 3.63) is 24.3 Å². The molecule has 1 heterocycles. The van der Waals surface area contributed by atoms with Crippen molar-refractivity contribution in [3.8, 4) is 0 Å². The maximum atomic E-state index is 12.0. The zero-order chi connectivity index (χ0) is 14.8. The predicted molar refractivity (Wildman–Crippen MR) is 78.7 cm³/mol. The quantitative estimate of drug-likeness (QED) is 0.769. The van der Waals surface area contributed by atoms with Gasteiger partial charge in [-0.2, -0.15) is 0 Å². The molecule has 2 atom stereocenters. The summed E-state index contributed by atoms with van der Waals surface area (Å²) in [4.78, 5) is 23.7. The first-order chi connectivity index (χ1) is 10.1. The molecule has 1 saturated carbocycles. The Labute approximate surface area is 123 Å². The van der Waals surface area contributed by atoms with Gasteiger partial charge in [-0.1, -0.05) is 0 Å². The fourth-order valence-corrected chi connectivity index (χ4v) is 2.30. The predicted octanol–water partition coefficient (Wildman–Crippen LogP) is 0.947. The molecule has 112 valence electrons. The summed E-state index contributed by atoms with van der Waals surface area (Å²) < 4.78 is 5.19. The first kappa shape index (κ1) is 14.0. The van der Waals surface area contributed by atoms with Crippen LogP contribution in [0, 0.1) is 11.8 Å². The Morgan fingerprint density at radius 3 is 2.05 bits per heavy atom. The highest BCUT2D eigenvalue weighted by Gasteiger charge is 2.31. The van der Waals surface area contributed by atoms with Gasteiger partial charge < -0.3 is 21.1 Å². The molecule has 4 N–H and O–H groups in total. The molecule has 1 saturated heterocycles. The number of carbonyl (C=O) groups is 2. The smallest absolute Gasteiger partial charge is 0.231 e. The third kappa shape index (κ3) is 3.40. The molecule has 0 radical (unpaired) electrons. The zero-order valence-corrected chi connectivity index (χ0v) is 11.7. The summed E-state index contributed by atoms with van der Waals surface area (Å²) in [6.45, 7) is 0.784. The van der Waals surface area contributed by atoms with E-state index in [1.165, 1.54) is 0 Å². The maximum Gasteiger partial charge on any atom is 0.231 e. The summed E-state index contributed by atoms with van der Waals surface area (Å²) in [6, 6.07) is 6.84. The van der Waals surface area contributed by atoms with Gasteiger partial charge in [-0.25, -0.2) is 0 Å². The van der Waals surface area contributed by atoms with Crippen LogP contribution >= 0.6 is 0 Å². The molecule has 6 heteroatoms. The lowest BCUT2D eigenvalue weighted by atomic mass is 10.0. The second-order valence-corrected chi connectivity index (χ2v) is 5.64. The monoisotopic (exact) mass is 289 g/mol. The van der Waals surface area contributed by atoms with Gasteiger partial charge in [0.05, 0.1) is 19.1 Å². The molecule has 2 unspecified atom stereocenters. The Morgan fingerprint density at radius 1 is 1.00 bits per heavy atom. The summed E-state index contributed by atoms with van der Waals surface area (Å²) in [5.74, 6) is -0.192. The highest BCUT2D eigenvalue weighted by atomic mass is 16.5. The van der Waals surface area contributed by atoms with Crippen LogP contribution in [0.3, 0.4) is 0 Å². The van der Waals surface area contributed by atoms with E-state index in [9.17, 15) is 9.59 Å². The van der Waals surface area contributed by atoms with Crippen molar-refractivity contribution < 1.29 is 14.3 Å². The summed E-state index contributed by atoms with van der Waals surface area (Å²) in [6.07, 6.45) is 1.95. The van der Waals surface area contributed by atoms with Gasteiger partial charge in [-0.3, -0.25) is 9.59 Å². The Balaban J connectivity index is 1.56. The molecule has 1 aromatic rings. The van der Waals surface area contributed by atoms with Crippen LogP contribution in [-0.2, 0) is 14.3 Å². The van der Waals surface area contributed by atoms with Crippen LogP contribution in [-0.4, -0.2) is 31.1 Å². The fraction of sp³-hybridized carbons (Fsp3) is 0.467. The third-order valence-electron chi connectivity index (χ3n) is 3.83. The highest BCUT2D eigenvalue weighted by molar-refractivity contribution is 5.95. The molecule has 2 fully saturated rings. The van der Waals surface area contributed by atoms with Gasteiger partial charge in [0.1, 0.15) is 0 Å². The van der Waals surface area contributed by atoms with Crippen LogP contribution in [0.25, 0.3) is 0 Å². The van der Waals surface area contributed by atoms with Crippen LogP contribution in [0.2, 0.25) is 0 Å². The normalized spacial score (nSPS) is 24.6. The van der Waals surface area contributed by atoms with Gasteiger partial charge in [0, 0.05) is 23.3 Å². The van der Waals surface area contributed by atoms with E-state index < -0.39 is 0 Å². The number of hydrogen-bond donors (Lipinski definition) is 3. The standard InChI is InChI=1S/C15H19N3O3/c16-13-8-21-7-12(13)15(20)18-11-5-3-10(4-6-11)17-14(19)9-1-2-9/h3-6,9,12-13H,1-2,7-8,16H2,(H,17,19)(H,18,20). The van der Waals surface area contributed by atoms with E-state index in [0.717, 1.165) is 18.5 Å². The molecule has 3 rings (SSSR count). The lowest BCUT2D eigenvalue weighted by molar-refractivity contribution is -0.120. The van der Waals surface area contributed by atoms with E-state index in [4.69, 9.17) is 10.5 Å². The first-order valence-electron chi connectivity index (χ1n) is 7.18. The average molecular weight is 289 g/mol. The van der Waals surface area contributed by atoms with E-state index in [1.807, 2.05) is 0 Å². The average Bonchev–Trinajstić information content (AvgIpc) is 3.23. The number of nitrogens with two attached hydrogens (primary N) is 1. The number of rotatable bonds is 4. The molecule has 6 nitrogen and oxygen atoms in total. The van der Waals surface area contributed by atoms with E-state index in [2.05, 4.69) is 10.6 Å². The number of carbonyl (C=O) groups excluding carboxylic acids is 2. The lowest BCUT2D eigenvalue weighted by Gasteiger charge is -2.13. The van der Waals surface area contributed by atoms with Crippen molar-refractivity contribution in [3.63, 3.8) is 0 Å². The third-order valence-corrected chi connectivity index (χ3v) is 3.83. The van der Waals surface area contributed by atoms with E-state index in [-0.39, 0.29) is 29.7 Å². The molecule has 1 aliphatic heterocycles. The zero-order valence-electron chi connectivity index (χ0n) is 11.7. The molecule has 0 spiro atoms. The molecule has 0 aromatic heterocycles. The van der Waals surface area contributed by atoms with E-state index >= 15 is 0 Å². The van der Waals surface area contributed by atoms with Crippen molar-refractivity contribution in [1.29, 1.82) is 0 Å². The SMILES string of the molecule is NC1COCC1C(=O)Nc1ccc(NC(=O)C2CC2)cc1. The molecule has 2 amide bonds. The van der Waals surface area contributed by atoms with Crippen LogP contribution in [0.15, 0.2) is 24.3 Å². The largest absolute Gasteiger partial charge is 0.379 e. The highest BCUT2D eigenvalue weighted by Crippen LogP contribution is 2.30.